The maximum absolute atomic E-state index is 11.9. The zero-order valence-corrected chi connectivity index (χ0v) is 24.2. The van der Waals surface area contributed by atoms with Gasteiger partial charge in [0.2, 0.25) is 0 Å². The molecule has 0 aliphatic heterocycles. The molecule has 0 spiro atoms. The van der Waals surface area contributed by atoms with E-state index in [0.717, 1.165) is 61.7 Å². The first-order valence-electron chi connectivity index (χ1n) is 14.6. The van der Waals surface area contributed by atoms with Crippen LogP contribution in [0.1, 0.15) is 29.2 Å². The Balaban J connectivity index is 1.44. The highest BCUT2D eigenvalue weighted by atomic mass is 16.3. The van der Waals surface area contributed by atoms with E-state index in [1.54, 1.807) is 0 Å². The highest BCUT2D eigenvalue weighted by Crippen LogP contribution is 2.37. The van der Waals surface area contributed by atoms with Crippen LogP contribution in [0.15, 0.2) is 121 Å². The van der Waals surface area contributed by atoms with Crippen molar-refractivity contribution in [1.82, 2.24) is 0 Å². The third kappa shape index (κ3) is 5.36. The number of rotatable bonds is 9. The van der Waals surface area contributed by atoms with Gasteiger partial charge >= 0.3 is 0 Å². The molecule has 0 unspecified atom stereocenters. The number of aromatic hydroxyl groups is 2. The Morgan fingerprint density at radius 1 is 0.524 bits per heavy atom. The zero-order chi connectivity index (χ0) is 29.1. The van der Waals surface area contributed by atoms with Gasteiger partial charge in [-0.3, -0.25) is 0 Å². The van der Waals surface area contributed by atoms with E-state index in [9.17, 15) is 10.2 Å². The number of phenols is 2. The smallest absolute Gasteiger partial charge is 0.126 e. The zero-order valence-electron chi connectivity index (χ0n) is 24.2. The van der Waals surface area contributed by atoms with Crippen molar-refractivity contribution in [2.45, 2.75) is 33.5 Å². The van der Waals surface area contributed by atoms with Crippen LogP contribution >= 0.6 is 0 Å². The average molecular weight is 553 g/mol. The van der Waals surface area contributed by atoms with Gasteiger partial charge < -0.3 is 20.0 Å². The molecule has 0 saturated carbocycles. The van der Waals surface area contributed by atoms with Crippen molar-refractivity contribution in [3.05, 3.63) is 144 Å². The Morgan fingerprint density at radius 2 is 1.00 bits per heavy atom. The Labute approximate surface area is 247 Å². The first kappa shape index (κ1) is 27.2. The lowest BCUT2D eigenvalue weighted by Gasteiger charge is -2.29. The fourth-order valence-corrected chi connectivity index (χ4v) is 5.97. The lowest BCUT2D eigenvalue weighted by molar-refractivity contribution is 0.458. The molecule has 4 heteroatoms. The second-order valence-electron chi connectivity index (χ2n) is 10.9. The van der Waals surface area contributed by atoms with E-state index in [-0.39, 0.29) is 0 Å². The Kier molecular flexibility index (Phi) is 7.70. The monoisotopic (exact) mass is 552 g/mol. The molecular formula is C38H36N2O2. The number of aryl methyl sites for hydroxylation is 1. The minimum atomic E-state index is 0.318. The quantitative estimate of drug-likeness (QED) is 0.188. The second-order valence-corrected chi connectivity index (χ2v) is 10.9. The van der Waals surface area contributed by atoms with Crippen LogP contribution in [0.25, 0.3) is 21.5 Å². The van der Waals surface area contributed by atoms with E-state index in [1.807, 2.05) is 73.7 Å². The van der Waals surface area contributed by atoms with Gasteiger partial charge in [-0.1, -0.05) is 84.9 Å². The maximum atomic E-state index is 11.9. The topological polar surface area (TPSA) is 46.9 Å². The number of anilines is 2. The third-order valence-corrected chi connectivity index (χ3v) is 8.26. The fourth-order valence-electron chi connectivity index (χ4n) is 5.97. The minimum absolute atomic E-state index is 0.318. The van der Waals surface area contributed by atoms with Crippen LogP contribution in [0.4, 0.5) is 11.4 Å². The van der Waals surface area contributed by atoms with Crippen molar-refractivity contribution in [2.24, 2.45) is 0 Å². The van der Waals surface area contributed by atoms with Gasteiger partial charge in [0, 0.05) is 54.2 Å². The average Bonchev–Trinajstić information content (AvgIpc) is 3.04. The molecule has 0 amide bonds. The van der Waals surface area contributed by atoms with E-state index in [2.05, 4.69) is 71.3 Å². The minimum Gasteiger partial charge on any atom is -0.507 e. The number of benzene rings is 6. The Bertz CT molecular complexity index is 1830. The van der Waals surface area contributed by atoms with Crippen molar-refractivity contribution in [2.75, 3.05) is 16.3 Å². The summed E-state index contributed by atoms with van der Waals surface area (Å²) in [6, 6.07) is 41.2. The molecular weight excluding hydrogens is 516 g/mol. The van der Waals surface area contributed by atoms with Gasteiger partial charge in [0.25, 0.3) is 0 Å². The lowest BCUT2D eigenvalue weighted by Crippen LogP contribution is -2.24. The van der Waals surface area contributed by atoms with Crippen LogP contribution in [0, 0.1) is 6.92 Å². The molecule has 0 aliphatic rings. The summed E-state index contributed by atoms with van der Waals surface area (Å²) in [4.78, 5) is 4.52. The summed E-state index contributed by atoms with van der Waals surface area (Å²) in [5.74, 6) is 0.641. The molecule has 42 heavy (non-hydrogen) atoms. The highest BCUT2D eigenvalue weighted by Gasteiger charge is 2.20. The molecule has 6 rings (SSSR count). The molecule has 0 heterocycles. The largest absolute Gasteiger partial charge is 0.507 e. The van der Waals surface area contributed by atoms with Gasteiger partial charge in [-0.25, -0.2) is 0 Å². The molecule has 0 radical (unpaired) electrons. The lowest BCUT2D eigenvalue weighted by atomic mass is 9.97. The molecule has 0 saturated heterocycles. The van der Waals surface area contributed by atoms with Crippen LogP contribution in [0.3, 0.4) is 0 Å². The number of fused-ring (bicyclic) bond motifs is 2. The summed E-state index contributed by atoms with van der Waals surface area (Å²) < 4.78 is 0. The molecule has 0 atom stereocenters. The summed E-state index contributed by atoms with van der Waals surface area (Å²) >= 11 is 0. The van der Waals surface area contributed by atoms with E-state index >= 15 is 0 Å². The van der Waals surface area contributed by atoms with Gasteiger partial charge in [0.15, 0.2) is 0 Å². The van der Waals surface area contributed by atoms with Crippen LogP contribution in [-0.4, -0.2) is 16.8 Å². The molecule has 2 N–H and O–H groups in total. The van der Waals surface area contributed by atoms with Crippen LogP contribution < -0.4 is 9.80 Å². The van der Waals surface area contributed by atoms with Gasteiger partial charge in [0.1, 0.15) is 11.5 Å². The van der Waals surface area contributed by atoms with E-state index in [1.165, 1.54) is 0 Å². The maximum Gasteiger partial charge on any atom is 0.126 e. The number of hydrogen-bond donors (Lipinski definition) is 2. The summed E-state index contributed by atoms with van der Waals surface area (Å²) in [6.07, 6.45) is 0. The van der Waals surface area contributed by atoms with Gasteiger partial charge in [-0.15, -0.1) is 0 Å². The number of para-hydroxylation sites is 2. The Hall–Kier alpha value is -4.96. The predicted octanol–water partition coefficient (Wildman–Crippen LogP) is 8.95. The third-order valence-electron chi connectivity index (χ3n) is 8.26. The van der Waals surface area contributed by atoms with Crippen molar-refractivity contribution in [3.63, 3.8) is 0 Å². The fraction of sp³-hybridized carbons (Fsp3) is 0.158. The van der Waals surface area contributed by atoms with E-state index in [4.69, 9.17) is 0 Å². The first-order chi connectivity index (χ1) is 20.5. The number of phenolic OH excluding ortho intramolecular Hbond substituents is 2. The van der Waals surface area contributed by atoms with Crippen LogP contribution in [0.5, 0.6) is 11.5 Å². The summed E-state index contributed by atoms with van der Waals surface area (Å²) in [5, 5.41) is 27.4. The predicted molar refractivity (Wildman–Crippen MR) is 175 cm³/mol. The second kappa shape index (κ2) is 11.9. The normalized spacial score (nSPS) is 11.2. The molecule has 0 bridgehead atoms. The van der Waals surface area contributed by atoms with Crippen LogP contribution in [-0.2, 0) is 19.6 Å². The standard InChI is InChI=1S/C38H36N2O2/c1-3-39(32-16-6-4-7-17-32)24-31-23-29-15-11-13-21-35(29)36(38(31)42)26-40(33-18-8-5-9-19-33)25-30-22-28-14-10-12-20-34(28)27(2)37(30)41/h4-23,41-42H,3,24-26H2,1-2H3. The summed E-state index contributed by atoms with van der Waals surface area (Å²) in [5.41, 5.74) is 5.67. The van der Waals surface area contributed by atoms with Crippen molar-refractivity contribution < 1.29 is 10.2 Å². The molecule has 0 aliphatic carbocycles. The van der Waals surface area contributed by atoms with Crippen molar-refractivity contribution in [1.29, 1.82) is 0 Å². The van der Waals surface area contributed by atoms with E-state index < -0.39 is 0 Å². The molecule has 6 aromatic rings. The molecule has 4 nitrogen and oxygen atoms in total. The Morgan fingerprint density at radius 3 is 1.62 bits per heavy atom. The molecule has 0 aromatic heterocycles. The highest BCUT2D eigenvalue weighted by molar-refractivity contribution is 5.90. The van der Waals surface area contributed by atoms with Crippen molar-refractivity contribution >= 4 is 32.9 Å². The number of nitrogens with zero attached hydrogens (tertiary/aromatic N) is 2. The van der Waals surface area contributed by atoms with E-state index in [0.29, 0.717) is 31.1 Å². The molecule has 6 aromatic carbocycles. The van der Waals surface area contributed by atoms with Gasteiger partial charge in [0.05, 0.1) is 0 Å². The first-order valence-corrected chi connectivity index (χ1v) is 14.6. The van der Waals surface area contributed by atoms with Crippen LogP contribution in [0.2, 0.25) is 0 Å². The SMILES string of the molecule is CCN(Cc1cc2ccccc2c(CN(Cc2cc3ccccc3c(C)c2O)c2ccccc2)c1O)c1ccccc1. The summed E-state index contributed by atoms with van der Waals surface area (Å²) in [6.45, 7) is 6.50. The van der Waals surface area contributed by atoms with Gasteiger partial charge in [-0.2, -0.15) is 0 Å². The van der Waals surface area contributed by atoms with Crippen molar-refractivity contribution in [3.8, 4) is 11.5 Å². The number of hydrogen-bond acceptors (Lipinski definition) is 4. The summed E-state index contributed by atoms with van der Waals surface area (Å²) in [7, 11) is 0. The van der Waals surface area contributed by atoms with Gasteiger partial charge in [-0.05, 0) is 77.4 Å². The molecule has 0 fully saturated rings. The molecule has 210 valence electrons.